The van der Waals surface area contributed by atoms with Crippen LogP contribution in [0.1, 0.15) is 15.9 Å². The van der Waals surface area contributed by atoms with Gasteiger partial charge in [0.05, 0.1) is 30.8 Å². The second-order valence-electron chi connectivity index (χ2n) is 9.45. The average Bonchev–Trinajstić information content (AvgIpc) is 3.50. The van der Waals surface area contributed by atoms with E-state index in [2.05, 4.69) is 35.6 Å². The first-order chi connectivity index (χ1) is 20.7. The number of ether oxygens (including phenoxy) is 1. The Morgan fingerprint density at radius 3 is 2.60 bits per heavy atom. The van der Waals surface area contributed by atoms with Crippen LogP contribution < -0.4 is 15.5 Å². The van der Waals surface area contributed by atoms with Gasteiger partial charge in [-0.3, -0.25) is 4.79 Å². The highest BCUT2D eigenvalue weighted by Gasteiger charge is 2.33. The van der Waals surface area contributed by atoms with Crippen LogP contribution in [0.3, 0.4) is 0 Å². The van der Waals surface area contributed by atoms with Crippen molar-refractivity contribution in [1.82, 2.24) is 24.9 Å². The second-order valence-corrected chi connectivity index (χ2v) is 9.45. The number of carbonyl (C=O) groups is 1. The van der Waals surface area contributed by atoms with E-state index >= 15 is 4.39 Å². The molecule has 0 aliphatic carbocycles. The van der Waals surface area contributed by atoms with Crippen molar-refractivity contribution in [2.45, 2.75) is 6.18 Å². The van der Waals surface area contributed by atoms with Gasteiger partial charge in [0.2, 0.25) is 0 Å². The molecule has 3 N–H and O–H groups in total. The number of hydrogen-bond acceptors (Lipinski definition) is 8. The Bertz CT molecular complexity index is 1820. The van der Waals surface area contributed by atoms with E-state index in [4.69, 9.17) is 4.74 Å². The zero-order valence-corrected chi connectivity index (χ0v) is 22.0. The van der Waals surface area contributed by atoms with Gasteiger partial charge in [-0.1, -0.05) is 0 Å². The molecule has 1 saturated heterocycles. The van der Waals surface area contributed by atoms with Crippen molar-refractivity contribution in [1.29, 1.82) is 0 Å². The summed E-state index contributed by atoms with van der Waals surface area (Å²) in [7, 11) is 0. The molecule has 0 unspecified atom stereocenters. The molecular formula is C28H21F5N8O2. The number of halogens is 5. The summed E-state index contributed by atoms with van der Waals surface area (Å²) in [6, 6.07) is 8.01. The SMILES string of the molecule is O=C(Nc1ccc(F)c(Nc2ncccc2-c2ncnc3[nH]cnc23)c1F)c1cc(N2CCOCC2)cc(C(F)(F)F)c1. The molecule has 1 aliphatic rings. The molecule has 3 aromatic heterocycles. The molecule has 5 aromatic rings. The van der Waals surface area contributed by atoms with Crippen LogP contribution in [0.15, 0.2) is 61.3 Å². The smallest absolute Gasteiger partial charge is 0.378 e. The third-order valence-corrected chi connectivity index (χ3v) is 6.75. The highest BCUT2D eigenvalue weighted by Crippen LogP contribution is 2.36. The number of morpholine rings is 1. The standard InChI is InChI=1S/C28H21F5N8O2/c29-19-3-4-20(39-27(42)15-10-16(28(31,32)33)12-17(11-15)41-6-8-43-9-7-41)21(30)23(19)40-25-18(2-1-5-34-25)22-24-26(37-13-35-22)38-14-36-24/h1-5,10-14H,6-9H2,(H,34,40)(H,39,42)(H,35,36,37,38). The number of H-pyrrole nitrogens is 1. The van der Waals surface area contributed by atoms with E-state index in [1.807, 2.05) is 0 Å². The molecule has 6 rings (SSSR count). The van der Waals surface area contributed by atoms with Crippen molar-refractivity contribution in [2.24, 2.45) is 0 Å². The fourth-order valence-electron chi connectivity index (χ4n) is 4.64. The molecule has 10 nitrogen and oxygen atoms in total. The van der Waals surface area contributed by atoms with Gasteiger partial charge in [-0.2, -0.15) is 13.2 Å². The predicted octanol–water partition coefficient (Wildman–Crippen LogP) is 5.54. The predicted molar refractivity (Wildman–Crippen MR) is 147 cm³/mol. The Morgan fingerprint density at radius 1 is 1.00 bits per heavy atom. The Kier molecular flexibility index (Phi) is 7.31. The maximum atomic E-state index is 15.7. The minimum atomic E-state index is -4.74. The summed E-state index contributed by atoms with van der Waals surface area (Å²) in [5, 5.41) is 4.89. The largest absolute Gasteiger partial charge is 0.416 e. The van der Waals surface area contributed by atoms with Crippen molar-refractivity contribution in [3.05, 3.63) is 84.1 Å². The Hall–Kier alpha value is -5.18. The van der Waals surface area contributed by atoms with E-state index < -0.39 is 40.7 Å². The van der Waals surface area contributed by atoms with Gasteiger partial charge in [0.15, 0.2) is 11.5 Å². The number of rotatable bonds is 6. The third kappa shape index (κ3) is 5.66. The minimum absolute atomic E-state index is 0.0276. The van der Waals surface area contributed by atoms with Gasteiger partial charge < -0.3 is 25.3 Å². The molecule has 43 heavy (non-hydrogen) atoms. The highest BCUT2D eigenvalue weighted by molar-refractivity contribution is 6.05. The van der Waals surface area contributed by atoms with Crippen LogP contribution in [0.5, 0.6) is 0 Å². The number of fused-ring (bicyclic) bond motifs is 1. The van der Waals surface area contributed by atoms with Gasteiger partial charge in [0, 0.05) is 36.1 Å². The number of nitrogens with zero attached hydrogens (tertiary/aromatic N) is 5. The molecule has 0 saturated carbocycles. The fraction of sp³-hybridized carbons (Fsp3) is 0.179. The number of amides is 1. The van der Waals surface area contributed by atoms with Crippen molar-refractivity contribution in [3.63, 3.8) is 0 Å². The summed E-state index contributed by atoms with van der Waals surface area (Å²) in [6.45, 7) is 1.30. The van der Waals surface area contributed by atoms with E-state index in [9.17, 15) is 22.4 Å². The lowest BCUT2D eigenvalue weighted by Gasteiger charge is -2.29. The number of anilines is 4. The van der Waals surface area contributed by atoms with E-state index in [1.165, 1.54) is 24.9 Å². The van der Waals surface area contributed by atoms with Gasteiger partial charge in [0.1, 0.15) is 34.9 Å². The number of benzene rings is 2. The van der Waals surface area contributed by atoms with E-state index in [-0.39, 0.29) is 17.1 Å². The summed E-state index contributed by atoms with van der Waals surface area (Å²) in [5.41, 5.74) is -0.801. The molecule has 220 valence electrons. The Morgan fingerprint density at radius 2 is 1.81 bits per heavy atom. The molecular weight excluding hydrogens is 575 g/mol. The van der Waals surface area contributed by atoms with E-state index in [1.54, 1.807) is 17.0 Å². The maximum Gasteiger partial charge on any atom is 0.416 e. The molecule has 1 fully saturated rings. The van der Waals surface area contributed by atoms with Crippen LogP contribution in [-0.4, -0.2) is 57.1 Å². The quantitative estimate of drug-likeness (QED) is 0.219. The average molecular weight is 597 g/mol. The lowest BCUT2D eigenvalue weighted by Crippen LogP contribution is -2.36. The van der Waals surface area contributed by atoms with Crippen molar-refractivity contribution in [2.75, 3.05) is 41.8 Å². The number of carbonyl (C=O) groups excluding carboxylic acids is 1. The molecule has 0 atom stereocenters. The van der Waals surface area contributed by atoms with Crippen molar-refractivity contribution in [3.8, 4) is 11.3 Å². The summed E-state index contributed by atoms with van der Waals surface area (Å²) in [5.74, 6) is -3.19. The van der Waals surface area contributed by atoms with Gasteiger partial charge in [0.25, 0.3) is 5.91 Å². The van der Waals surface area contributed by atoms with Gasteiger partial charge in [-0.15, -0.1) is 0 Å². The summed E-state index contributed by atoms with van der Waals surface area (Å²) in [6.07, 6.45) is -0.620. The summed E-state index contributed by atoms with van der Waals surface area (Å²) >= 11 is 0. The fourth-order valence-corrected chi connectivity index (χ4v) is 4.64. The minimum Gasteiger partial charge on any atom is -0.378 e. The number of nitrogens with one attached hydrogen (secondary N) is 3. The number of pyridine rings is 1. The van der Waals surface area contributed by atoms with E-state index in [0.29, 0.717) is 54.8 Å². The molecule has 15 heteroatoms. The first kappa shape index (κ1) is 28.0. The lowest BCUT2D eigenvalue weighted by atomic mass is 10.1. The Balaban J connectivity index is 1.32. The number of alkyl halides is 3. The summed E-state index contributed by atoms with van der Waals surface area (Å²) in [4.78, 5) is 34.4. The number of aromatic amines is 1. The molecule has 2 aromatic carbocycles. The van der Waals surface area contributed by atoms with Crippen LogP contribution in [0, 0.1) is 11.6 Å². The molecule has 0 bridgehead atoms. The topological polar surface area (TPSA) is 121 Å². The molecule has 1 aliphatic heterocycles. The number of imidazole rings is 1. The molecule has 1 amide bonds. The summed E-state index contributed by atoms with van der Waals surface area (Å²) < 4.78 is 77.0. The first-order valence-corrected chi connectivity index (χ1v) is 12.9. The molecule has 0 spiro atoms. The van der Waals surface area contributed by atoms with Crippen LogP contribution in [-0.2, 0) is 10.9 Å². The van der Waals surface area contributed by atoms with Crippen LogP contribution >= 0.6 is 0 Å². The number of aromatic nitrogens is 5. The monoisotopic (exact) mass is 596 g/mol. The van der Waals surface area contributed by atoms with Gasteiger partial charge in [-0.05, 0) is 42.5 Å². The molecule has 0 radical (unpaired) electrons. The normalized spacial score (nSPS) is 13.7. The van der Waals surface area contributed by atoms with Crippen LogP contribution in [0.2, 0.25) is 0 Å². The molecule has 4 heterocycles. The second kappa shape index (κ2) is 11.2. The third-order valence-electron chi connectivity index (χ3n) is 6.75. The van der Waals surface area contributed by atoms with Crippen LogP contribution in [0.4, 0.5) is 44.8 Å². The van der Waals surface area contributed by atoms with Crippen LogP contribution in [0.25, 0.3) is 22.4 Å². The van der Waals surface area contributed by atoms with E-state index in [0.717, 1.165) is 18.2 Å². The zero-order valence-electron chi connectivity index (χ0n) is 22.0. The van der Waals surface area contributed by atoms with Crippen molar-refractivity contribution < 1.29 is 31.5 Å². The highest BCUT2D eigenvalue weighted by atomic mass is 19.4. The Labute approximate surface area is 240 Å². The maximum absolute atomic E-state index is 15.7. The number of hydrogen-bond donors (Lipinski definition) is 3. The zero-order chi connectivity index (χ0) is 30.1. The first-order valence-electron chi connectivity index (χ1n) is 12.9. The lowest BCUT2D eigenvalue weighted by molar-refractivity contribution is -0.137. The van der Waals surface area contributed by atoms with Gasteiger partial charge in [-0.25, -0.2) is 28.7 Å². The van der Waals surface area contributed by atoms with Crippen molar-refractivity contribution >= 4 is 40.0 Å². The van der Waals surface area contributed by atoms with Gasteiger partial charge >= 0.3 is 6.18 Å².